The molecule has 1 saturated heterocycles. The monoisotopic (exact) mass is 242 g/mol. The van der Waals surface area contributed by atoms with Crippen molar-refractivity contribution in [3.05, 3.63) is 0 Å². The summed E-state index contributed by atoms with van der Waals surface area (Å²) in [5.41, 5.74) is -0.793. The van der Waals surface area contributed by atoms with E-state index in [4.69, 9.17) is 5.11 Å². The average molecular weight is 242 g/mol. The van der Waals surface area contributed by atoms with Crippen molar-refractivity contribution in [1.82, 2.24) is 10.2 Å². The fraction of sp³-hybridized carbons (Fsp3) is 0.833. The van der Waals surface area contributed by atoms with Gasteiger partial charge in [-0.25, -0.2) is 4.79 Å². The highest BCUT2D eigenvalue weighted by atomic mass is 16.4. The second-order valence-electron chi connectivity index (χ2n) is 5.52. The fourth-order valence-electron chi connectivity index (χ4n) is 1.76. The molecule has 2 amide bonds. The van der Waals surface area contributed by atoms with E-state index in [-0.39, 0.29) is 12.1 Å². The quantitative estimate of drug-likeness (QED) is 0.788. The number of carboxylic acids is 1. The first-order valence-electron chi connectivity index (χ1n) is 6.05. The van der Waals surface area contributed by atoms with Crippen LogP contribution in [-0.4, -0.2) is 41.1 Å². The van der Waals surface area contributed by atoms with E-state index in [2.05, 4.69) is 5.32 Å². The average Bonchev–Trinajstić information content (AvgIpc) is 2.62. The highest BCUT2D eigenvalue weighted by Gasteiger charge is 2.42. The van der Waals surface area contributed by atoms with Gasteiger partial charge in [-0.1, -0.05) is 13.8 Å². The Morgan fingerprint density at radius 1 is 1.35 bits per heavy atom. The molecule has 0 aromatic heterocycles. The standard InChI is InChI=1S/C12H22N2O3/c1-8(2)9(3)13-11(17)14-6-5-12(4,7-14)10(15)16/h8-9H,5-7H2,1-4H3,(H,13,17)(H,15,16). The summed E-state index contributed by atoms with van der Waals surface area (Å²) in [6.07, 6.45) is 0.520. The lowest BCUT2D eigenvalue weighted by molar-refractivity contribution is -0.146. The number of rotatable bonds is 3. The third kappa shape index (κ3) is 3.11. The molecule has 1 aliphatic rings. The molecule has 2 atom stereocenters. The van der Waals surface area contributed by atoms with Crippen LogP contribution >= 0.6 is 0 Å². The third-order valence-electron chi connectivity index (χ3n) is 3.63. The maximum Gasteiger partial charge on any atom is 0.317 e. The Balaban J connectivity index is 2.54. The summed E-state index contributed by atoms with van der Waals surface area (Å²) in [6.45, 7) is 8.52. The van der Waals surface area contributed by atoms with Gasteiger partial charge in [0.15, 0.2) is 0 Å². The summed E-state index contributed by atoms with van der Waals surface area (Å²) in [5, 5.41) is 12.0. The number of amides is 2. The van der Waals surface area contributed by atoms with Crippen LogP contribution in [-0.2, 0) is 4.79 Å². The lowest BCUT2D eigenvalue weighted by Crippen LogP contribution is -2.45. The minimum atomic E-state index is -0.829. The highest BCUT2D eigenvalue weighted by Crippen LogP contribution is 2.30. The molecule has 5 nitrogen and oxygen atoms in total. The first kappa shape index (κ1) is 13.8. The van der Waals surface area contributed by atoms with Crippen molar-refractivity contribution in [2.24, 2.45) is 11.3 Å². The molecule has 0 bridgehead atoms. The molecule has 2 N–H and O–H groups in total. The second kappa shape index (κ2) is 4.94. The van der Waals surface area contributed by atoms with E-state index in [1.807, 2.05) is 20.8 Å². The lowest BCUT2D eigenvalue weighted by atomic mass is 9.90. The lowest BCUT2D eigenvalue weighted by Gasteiger charge is -2.24. The molecule has 1 heterocycles. The maximum atomic E-state index is 11.9. The summed E-state index contributed by atoms with van der Waals surface area (Å²) < 4.78 is 0. The van der Waals surface area contributed by atoms with Crippen molar-refractivity contribution in [2.45, 2.75) is 40.2 Å². The molecule has 5 heteroatoms. The first-order valence-corrected chi connectivity index (χ1v) is 6.05. The zero-order chi connectivity index (χ0) is 13.2. The van der Waals surface area contributed by atoms with Gasteiger partial charge in [0.05, 0.1) is 5.41 Å². The number of hydrogen-bond acceptors (Lipinski definition) is 2. The first-order chi connectivity index (χ1) is 7.76. The van der Waals surface area contributed by atoms with Crippen LogP contribution in [0.2, 0.25) is 0 Å². The van der Waals surface area contributed by atoms with E-state index in [1.54, 1.807) is 11.8 Å². The molecule has 0 saturated carbocycles. The van der Waals surface area contributed by atoms with Crippen LogP contribution in [0.1, 0.15) is 34.1 Å². The zero-order valence-electron chi connectivity index (χ0n) is 11.0. The van der Waals surface area contributed by atoms with Gasteiger partial charge < -0.3 is 15.3 Å². The van der Waals surface area contributed by atoms with Crippen molar-refractivity contribution in [3.8, 4) is 0 Å². The summed E-state index contributed by atoms with van der Waals surface area (Å²) in [7, 11) is 0. The van der Waals surface area contributed by atoms with Crippen molar-refractivity contribution in [3.63, 3.8) is 0 Å². The largest absolute Gasteiger partial charge is 0.481 e. The van der Waals surface area contributed by atoms with E-state index < -0.39 is 11.4 Å². The van der Waals surface area contributed by atoms with E-state index in [1.165, 1.54) is 0 Å². The van der Waals surface area contributed by atoms with Gasteiger partial charge in [-0.05, 0) is 26.2 Å². The van der Waals surface area contributed by atoms with Crippen molar-refractivity contribution >= 4 is 12.0 Å². The Labute approximate surface area is 102 Å². The van der Waals surface area contributed by atoms with Gasteiger partial charge in [-0.2, -0.15) is 0 Å². The molecule has 0 radical (unpaired) electrons. The number of carbonyl (C=O) groups is 2. The van der Waals surface area contributed by atoms with Gasteiger partial charge in [0.25, 0.3) is 0 Å². The van der Waals surface area contributed by atoms with Crippen LogP contribution in [0, 0.1) is 11.3 Å². The molecule has 2 unspecified atom stereocenters. The second-order valence-corrected chi connectivity index (χ2v) is 5.52. The van der Waals surface area contributed by atoms with Gasteiger partial charge in [0.2, 0.25) is 0 Å². The van der Waals surface area contributed by atoms with Crippen molar-refractivity contribution < 1.29 is 14.7 Å². The predicted octanol–water partition coefficient (Wildman–Crippen LogP) is 1.54. The maximum absolute atomic E-state index is 11.9. The number of likely N-dealkylation sites (tertiary alicyclic amines) is 1. The summed E-state index contributed by atoms with van der Waals surface area (Å²) in [5.74, 6) is -0.461. The highest BCUT2D eigenvalue weighted by molar-refractivity contribution is 5.79. The van der Waals surface area contributed by atoms with Gasteiger partial charge in [0.1, 0.15) is 0 Å². The van der Waals surface area contributed by atoms with Gasteiger partial charge in [-0.3, -0.25) is 4.79 Å². The van der Waals surface area contributed by atoms with E-state index in [0.717, 1.165) is 0 Å². The number of carboxylic acid groups (broad SMARTS) is 1. The molecule has 0 aromatic rings. The van der Waals surface area contributed by atoms with E-state index in [9.17, 15) is 9.59 Å². The molecule has 0 aliphatic carbocycles. The van der Waals surface area contributed by atoms with Crippen LogP contribution < -0.4 is 5.32 Å². The molecule has 0 aromatic carbocycles. The van der Waals surface area contributed by atoms with Crippen LogP contribution in [0.4, 0.5) is 4.79 Å². The number of carbonyl (C=O) groups excluding carboxylic acids is 1. The van der Waals surface area contributed by atoms with Crippen LogP contribution in [0.3, 0.4) is 0 Å². The molecule has 0 spiro atoms. The van der Waals surface area contributed by atoms with Crippen LogP contribution in [0.15, 0.2) is 0 Å². The Kier molecular flexibility index (Phi) is 4.01. The number of aliphatic carboxylic acids is 1. The predicted molar refractivity (Wildman–Crippen MR) is 64.8 cm³/mol. The Morgan fingerprint density at radius 2 is 1.94 bits per heavy atom. The normalized spacial score (nSPS) is 26.1. The number of nitrogens with one attached hydrogen (secondary N) is 1. The zero-order valence-corrected chi connectivity index (χ0v) is 11.0. The Morgan fingerprint density at radius 3 is 2.35 bits per heavy atom. The Bertz CT molecular complexity index is 317. The third-order valence-corrected chi connectivity index (χ3v) is 3.63. The van der Waals surface area contributed by atoms with Gasteiger partial charge in [0, 0.05) is 19.1 Å². The topological polar surface area (TPSA) is 69.6 Å². The van der Waals surface area contributed by atoms with Crippen LogP contribution in [0.5, 0.6) is 0 Å². The van der Waals surface area contributed by atoms with Crippen molar-refractivity contribution in [2.75, 3.05) is 13.1 Å². The smallest absolute Gasteiger partial charge is 0.317 e. The molecule has 1 rings (SSSR count). The minimum Gasteiger partial charge on any atom is -0.481 e. The number of hydrogen-bond donors (Lipinski definition) is 2. The summed E-state index contributed by atoms with van der Waals surface area (Å²) >= 11 is 0. The summed E-state index contributed by atoms with van der Waals surface area (Å²) in [6, 6.07) is -0.0599. The van der Waals surface area contributed by atoms with Crippen LogP contribution in [0.25, 0.3) is 0 Å². The number of nitrogens with zero attached hydrogens (tertiary/aromatic N) is 1. The molecule has 17 heavy (non-hydrogen) atoms. The number of urea groups is 1. The SMILES string of the molecule is CC(C)C(C)NC(=O)N1CCC(C)(C(=O)O)C1. The summed E-state index contributed by atoms with van der Waals surface area (Å²) in [4.78, 5) is 24.5. The molecule has 98 valence electrons. The fourth-order valence-corrected chi connectivity index (χ4v) is 1.76. The van der Waals surface area contributed by atoms with E-state index >= 15 is 0 Å². The molecule has 1 aliphatic heterocycles. The van der Waals surface area contributed by atoms with Crippen molar-refractivity contribution in [1.29, 1.82) is 0 Å². The molecule has 1 fully saturated rings. The molecular formula is C12H22N2O3. The van der Waals surface area contributed by atoms with E-state index in [0.29, 0.717) is 25.4 Å². The Hall–Kier alpha value is -1.26. The minimum absolute atomic E-state index is 0.0965. The van der Waals surface area contributed by atoms with Gasteiger partial charge in [-0.15, -0.1) is 0 Å². The van der Waals surface area contributed by atoms with Gasteiger partial charge >= 0.3 is 12.0 Å². The molecular weight excluding hydrogens is 220 g/mol.